The molecule has 0 aromatic carbocycles. The number of aliphatic hydroxyl groups is 2. The van der Waals surface area contributed by atoms with Crippen molar-refractivity contribution in [2.45, 2.75) is 58.7 Å². The normalized spacial score (nSPS) is 61.2. The third-order valence-electron chi connectivity index (χ3n) is 6.19. The molecule has 7 atom stereocenters. The Hall–Kier alpha value is -0.0800. The van der Waals surface area contributed by atoms with Gasteiger partial charge in [0.05, 0.1) is 11.7 Å². The Morgan fingerprint density at radius 1 is 1.24 bits per heavy atom. The Morgan fingerprint density at radius 3 is 2.47 bits per heavy atom. The van der Waals surface area contributed by atoms with Crippen LogP contribution in [0.4, 0.5) is 0 Å². The van der Waals surface area contributed by atoms with E-state index < -0.39 is 5.60 Å². The summed E-state index contributed by atoms with van der Waals surface area (Å²) in [6, 6.07) is 0. The molecule has 0 aromatic heterocycles. The van der Waals surface area contributed by atoms with Crippen molar-refractivity contribution in [1.29, 1.82) is 0 Å². The summed E-state index contributed by atoms with van der Waals surface area (Å²) >= 11 is 0. The van der Waals surface area contributed by atoms with E-state index in [1.54, 1.807) is 0 Å². The van der Waals surface area contributed by atoms with Crippen molar-refractivity contribution in [1.82, 2.24) is 0 Å². The van der Waals surface area contributed by atoms with Gasteiger partial charge in [-0.15, -0.1) is 0 Å². The van der Waals surface area contributed by atoms with E-state index in [0.717, 1.165) is 37.0 Å². The lowest BCUT2D eigenvalue weighted by Crippen LogP contribution is -2.54. The Labute approximate surface area is 104 Å². The largest absolute Gasteiger partial charge is 0.393 e. The molecule has 3 saturated carbocycles. The SMILES string of the molecule is CC(C)[C@@H]1[C@@H]2C[C@@]3(C)[C@H](O)CC[C@@](C)(O)[C@@H]3[C@@H]21. The van der Waals surface area contributed by atoms with Gasteiger partial charge in [-0.05, 0) is 61.2 Å². The third kappa shape index (κ3) is 1.40. The van der Waals surface area contributed by atoms with Crippen LogP contribution in [-0.2, 0) is 0 Å². The molecule has 3 rings (SSSR count). The first-order valence-electron chi connectivity index (χ1n) is 7.19. The maximum atomic E-state index is 10.7. The Kier molecular flexibility index (Phi) is 2.30. The summed E-state index contributed by atoms with van der Waals surface area (Å²) in [4.78, 5) is 0. The average Bonchev–Trinajstić information content (AvgIpc) is 2.77. The second kappa shape index (κ2) is 3.27. The fourth-order valence-corrected chi connectivity index (χ4v) is 5.57. The van der Waals surface area contributed by atoms with Gasteiger partial charge in [-0.1, -0.05) is 20.8 Å². The van der Waals surface area contributed by atoms with Crippen LogP contribution in [0.25, 0.3) is 0 Å². The first-order chi connectivity index (χ1) is 7.79. The van der Waals surface area contributed by atoms with Crippen molar-refractivity contribution in [3.8, 4) is 0 Å². The molecular formula is C15H26O2. The summed E-state index contributed by atoms with van der Waals surface area (Å²) in [6.45, 7) is 8.81. The molecule has 0 aromatic rings. The van der Waals surface area contributed by atoms with E-state index in [2.05, 4.69) is 20.8 Å². The minimum atomic E-state index is -0.558. The summed E-state index contributed by atoms with van der Waals surface area (Å²) < 4.78 is 0. The summed E-state index contributed by atoms with van der Waals surface area (Å²) in [5.41, 5.74) is -0.584. The van der Waals surface area contributed by atoms with E-state index in [9.17, 15) is 10.2 Å². The monoisotopic (exact) mass is 238 g/mol. The molecule has 0 amide bonds. The summed E-state index contributed by atoms with van der Waals surface area (Å²) in [5.74, 6) is 3.28. The van der Waals surface area contributed by atoms with E-state index in [1.807, 2.05) is 6.92 Å². The van der Waals surface area contributed by atoms with Gasteiger partial charge in [0.2, 0.25) is 0 Å². The third-order valence-corrected chi connectivity index (χ3v) is 6.19. The van der Waals surface area contributed by atoms with E-state index in [4.69, 9.17) is 0 Å². The standard InChI is InChI=1S/C15H26O2/c1-8(2)11-9-7-14(3)10(16)5-6-15(4,17)13(14)12(9)11/h8-13,16-17H,5-7H2,1-4H3/t9-,10+,11+,12-,13+,14-,15+/m0/s1. The van der Waals surface area contributed by atoms with E-state index in [0.29, 0.717) is 11.8 Å². The zero-order chi connectivity index (χ0) is 12.6. The van der Waals surface area contributed by atoms with Crippen LogP contribution < -0.4 is 0 Å². The summed E-state index contributed by atoms with van der Waals surface area (Å²) in [7, 11) is 0. The molecule has 2 nitrogen and oxygen atoms in total. The van der Waals surface area contributed by atoms with E-state index in [1.165, 1.54) is 0 Å². The molecule has 98 valence electrons. The van der Waals surface area contributed by atoms with Crippen LogP contribution in [0.1, 0.15) is 47.0 Å². The van der Waals surface area contributed by atoms with Gasteiger partial charge in [-0.25, -0.2) is 0 Å². The van der Waals surface area contributed by atoms with Gasteiger partial charge >= 0.3 is 0 Å². The molecule has 0 spiro atoms. The van der Waals surface area contributed by atoms with Crippen molar-refractivity contribution < 1.29 is 10.2 Å². The Balaban J connectivity index is 1.92. The van der Waals surface area contributed by atoms with Gasteiger partial charge in [0.25, 0.3) is 0 Å². The van der Waals surface area contributed by atoms with Gasteiger partial charge < -0.3 is 10.2 Å². The molecule has 2 heteroatoms. The highest BCUT2D eigenvalue weighted by Gasteiger charge is 2.72. The minimum Gasteiger partial charge on any atom is -0.393 e. The molecule has 0 unspecified atom stereocenters. The second-order valence-corrected chi connectivity index (χ2v) is 7.66. The predicted octanol–water partition coefficient (Wildman–Crippen LogP) is 2.44. The molecule has 0 radical (unpaired) electrons. The molecule has 17 heavy (non-hydrogen) atoms. The number of fused-ring (bicyclic) bond motifs is 3. The Bertz CT molecular complexity index is 336. The van der Waals surface area contributed by atoms with Gasteiger partial charge in [0.15, 0.2) is 0 Å². The molecule has 3 fully saturated rings. The van der Waals surface area contributed by atoms with Gasteiger partial charge in [0, 0.05) is 0 Å². The van der Waals surface area contributed by atoms with Crippen LogP contribution in [0.3, 0.4) is 0 Å². The first-order valence-corrected chi connectivity index (χ1v) is 7.19. The average molecular weight is 238 g/mol. The molecule has 0 bridgehead atoms. The van der Waals surface area contributed by atoms with Crippen molar-refractivity contribution in [2.24, 2.45) is 35.0 Å². The van der Waals surface area contributed by atoms with Crippen molar-refractivity contribution in [2.75, 3.05) is 0 Å². The summed E-state index contributed by atoms with van der Waals surface area (Å²) in [6.07, 6.45) is 2.46. The van der Waals surface area contributed by atoms with Gasteiger partial charge in [-0.3, -0.25) is 0 Å². The molecule has 3 aliphatic rings. The minimum absolute atomic E-state index is 0.0253. The molecule has 0 saturated heterocycles. The lowest BCUT2D eigenvalue weighted by molar-refractivity contribution is -0.150. The highest BCUT2D eigenvalue weighted by atomic mass is 16.3. The van der Waals surface area contributed by atoms with Crippen molar-refractivity contribution in [3.05, 3.63) is 0 Å². The number of rotatable bonds is 1. The zero-order valence-electron chi connectivity index (χ0n) is 11.5. The first kappa shape index (κ1) is 12.0. The highest BCUT2D eigenvalue weighted by molar-refractivity contribution is 5.20. The fraction of sp³-hybridized carbons (Fsp3) is 1.00. The van der Waals surface area contributed by atoms with E-state index in [-0.39, 0.29) is 11.5 Å². The summed E-state index contributed by atoms with van der Waals surface area (Å²) in [5, 5.41) is 21.0. The molecule has 2 N–H and O–H groups in total. The number of hydrogen-bond acceptors (Lipinski definition) is 2. The van der Waals surface area contributed by atoms with Crippen LogP contribution in [-0.4, -0.2) is 21.9 Å². The van der Waals surface area contributed by atoms with Crippen LogP contribution in [0, 0.1) is 35.0 Å². The second-order valence-electron chi connectivity index (χ2n) is 7.66. The molecular weight excluding hydrogens is 212 g/mol. The van der Waals surface area contributed by atoms with Gasteiger partial charge in [0.1, 0.15) is 0 Å². The maximum absolute atomic E-state index is 10.7. The van der Waals surface area contributed by atoms with Crippen LogP contribution in [0.5, 0.6) is 0 Å². The van der Waals surface area contributed by atoms with Gasteiger partial charge in [-0.2, -0.15) is 0 Å². The zero-order valence-corrected chi connectivity index (χ0v) is 11.5. The smallest absolute Gasteiger partial charge is 0.0657 e. The molecule has 0 aliphatic heterocycles. The van der Waals surface area contributed by atoms with Crippen LogP contribution in [0.15, 0.2) is 0 Å². The van der Waals surface area contributed by atoms with Crippen LogP contribution in [0.2, 0.25) is 0 Å². The van der Waals surface area contributed by atoms with Crippen molar-refractivity contribution in [3.63, 3.8) is 0 Å². The Morgan fingerprint density at radius 2 is 1.88 bits per heavy atom. The van der Waals surface area contributed by atoms with E-state index >= 15 is 0 Å². The topological polar surface area (TPSA) is 40.5 Å². The quantitative estimate of drug-likeness (QED) is 0.736. The maximum Gasteiger partial charge on any atom is 0.0657 e. The van der Waals surface area contributed by atoms with Crippen LogP contribution >= 0.6 is 0 Å². The highest BCUT2D eigenvalue weighted by Crippen LogP contribution is 2.73. The van der Waals surface area contributed by atoms with Crippen molar-refractivity contribution >= 4 is 0 Å². The molecule has 3 aliphatic carbocycles. The predicted molar refractivity (Wildman–Crippen MR) is 67.4 cm³/mol. The number of hydrogen-bond donors (Lipinski definition) is 2. The fourth-order valence-electron chi connectivity index (χ4n) is 5.57. The lowest BCUT2D eigenvalue weighted by atomic mass is 9.58. The molecule has 0 heterocycles. The lowest BCUT2D eigenvalue weighted by Gasteiger charge is -2.51. The number of aliphatic hydroxyl groups excluding tert-OH is 1.